The molecule has 0 aromatic carbocycles. The van der Waals surface area contributed by atoms with Crippen LogP contribution in [-0.4, -0.2) is 42.7 Å². The molecule has 0 amide bonds. The Kier molecular flexibility index (Phi) is 6.02. The van der Waals surface area contributed by atoms with Gasteiger partial charge in [0.25, 0.3) is 6.01 Å². The van der Waals surface area contributed by atoms with Crippen LogP contribution in [0.4, 0.5) is 6.01 Å². The minimum Gasteiger partial charge on any atom is -0.465 e. The van der Waals surface area contributed by atoms with Gasteiger partial charge in [0, 0.05) is 6.04 Å². The van der Waals surface area contributed by atoms with Crippen molar-refractivity contribution in [2.75, 3.05) is 24.7 Å². The number of carbonyl (C=O) groups excluding carboxylic acids is 2. The van der Waals surface area contributed by atoms with Gasteiger partial charge >= 0.3 is 11.9 Å². The number of ether oxygens (including phenoxy) is 2. The maximum absolute atomic E-state index is 11.5. The van der Waals surface area contributed by atoms with Crippen LogP contribution in [0.25, 0.3) is 0 Å². The SMILES string of the molecule is CCOC(=O)CN(c1nc(C(=O)OCC)co1)C(C)C. The van der Waals surface area contributed by atoms with E-state index in [9.17, 15) is 9.59 Å². The standard InChI is InChI=1S/C13H20N2O5/c1-5-18-11(16)7-15(9(3)4)13-14-10(8-20-13)12(17)19-6-2/h8-9H,5-7H2,1-4H3. The number of hydrogen-bond donors (Lipinski definition) is 0. The van der Waals surface area contributed by atoms with Gasteiger partial charge in [-0.15, -0.1) is 0 Å². The summed E-state index contributed by atoms with van der Waals surface area (Å²) in [5, 5.41) is 0. The van der Waals surface area contributed by atoms with Gasteiger partial charge < -0.3 is 18.8 Å². The minimum absolute atomic E-state index is 0.00822. The van der Waals surface area contributed by atoms with Crippen molar-refractivity contribution in [3.63, 3.8) is 0 Å². The van der Waals surface area contributed by atoms with Gasteiger partial charge in [-0.25, -0.2) is 4.79 Å². The van der Waals surface area contributed by atoms with Crippen molar-refractivity contribution in [2.24, 2.45) is 0 Å². The first-order valence-electron chi connectivity index (χ1n) is 6.54. The van der Waals surface area contributed by atoms with Gasteiger partial charge in [-0.3, -0.25) is 4.79 Å². The smallest absolute Gasteiger partial charge is 0.360 e. The van der Waals surface area contributed by atoms with E-state index in [1.807, 2.05) is 13.8 Å². The van der Waals surface area contributed by atoms with Crippen LogP contribution in [0.5, 0.6) is 0 Å². The molecule has 0 unspecified atom stereocenters. The lowest BCUT2D eigenvalue weighted by Gasteiger charge is -2.23. The van der Waals surface area contributed by atoms with Crippen molar-refractivity contribution in [3.8, 4) is 0 Å². The third kappa shape index (κ3) is 4.25. The summed E-state index contributed by atoms with van der Waals surface area (Å²) in [5.74, 6) is -0.931. The predicted molar refractivity (Wildman–Crippen MR) is 71.6 cm³/mol. The third-order valence-corrected chi connectivity index (χ3v) is 2.45. The molecule has 1 aromatic rings. The Labute approximate surface area is 117 Å². The molecule has 0 fully saturated rings. The predicted octanol–water partition coefficient (Wildman–Crippen LogP) is 1.63. The van der Waals surface area contributed by atoms with Gasteiger partial charge in [0.2, 0.25) is 0 Å². The molecule has 0 saturated heterocycles. The number of oxazole rings is 1. The van der Waals surface area contributed by atoms with Crippen molar-refractivity contribution in [2.45, 2.75) is 33.7 Å². The van der Waals surface area contributed by atoms with E-state index in [0.29, 0.717) is 6.61 Å². The zero-order valence-electron chi connectivity index (χ0n) is 12.2. The number of hydrogen-bond acceptors (Lipinski definition) is 7. The van der Waals surface area contributed by atoms with E-state index in [4.69, 9.17) is 13.9 Å². The van der Waals surface area contributed by atoms with Crippen LogP contribution in [0.2, 0.25) is 0 Å². The molecule has 0 bridgehead atoms. The van der Waals surface area contributed by atoms with Crippen LogP contribution in [-0.2, 0) is 14.3 Å². The average Bonchev–Trinajstić information content (AvgIpc) is 2.85. The largest absolute Gasteiger partial charge is 0.465 e. The summed E-state index contributed by atoms with van der Waals surface area (Å²) >= 11 is 0. The van der Waals surface area contributed by atoms with Gasteiger partial charge in [-0.1, -0.05) is 0 Å². The molecule has 112 valence electrons. The number of esters is 2. The molecule has 1 rings (SSSR count). The molecule has 0 aliphatic heterocycles. The zero-order chi connectivity index (χ0) is 15.1. The van der Waals surface area contributed by atoms with Crippen molar-refractivity contribution in [1.29, 1.82) is 0 Å². The van der Waals surface area contributed by atoms with Crippen LogP contribution in [0.1, 0.15) is 38.2 Å². The van der Waals surface area contributed by atoms with E-state index in [1.165, 1.54) is 6.26 Å². The minimum atomic E-state index is -0.553. The number of rotatable bonds is 7. The first-order chi connectivity index (χ1) is 9.49. The Morgan fingerprint density at radius 1 is 1.30 bits per heavy atom. The molecule has 0 aliphatic rings. The molecule has 7 nitrogen and oxygen atoms in total. The quantitative estimate of drug-likeness (QED) is 0.704. The first kappa shape index (κ1) is 16.0. The van der Waals surface area contributed by atoms with Crippen LogP contribution in [0.3, 0.4) is 0 Å². The average molecular weight is 284 g/mol. The fraction of sp³-hybridized carbons (Fsp3) is 0.615. The third-order valence-electron chi connectivity index (χ3n) is 2.45. The number of aromatic nitrogens is 1. The molecular weight excluding hydrogens is 264 g/mol. The van der Waals surface area contributed by atoms with E-state index in [-0.39, 0.29) is 36.9 Å². The monoisotopic (exact) mass is 284 g/mol. The molecule has 1 aromatic heterocycles. The van der Waals surface area contributed by atoms with Gasteiger partial charge in [0.15, 0.2) is 5.69 Å². The van der Waals surface area contributed by atoms with E-state index < -0.39 is 5.97 Å². The molecule has 20 heavy (non-hydrogen) atoms. The lowest BCUT2D eigenvalue weighted by molar-refractivity contribution is -0.141. The Hall–Kier alpha value is -2.05. The maximum Gasteiger partial charge on any atom is 0.360 e. The zero-order valence-corrected chi connectivity index (χ0v) is 12.2. The van der Waals surface area contributed by atoms with E-state index in [1.54, 1.807) is 18.7 Å². The van der Waals surface area contributed by atoms with Crippen molar-refractivity contribution < 1.29 is 23.5 Å². The van der Waals surface area contributed by atoms with Crippen LogP contribution < -0.4 is 4.90 Å². The highest BCUT2D eigenvalue weighted by Crippen LogP contribution is 2.17. The Balaban J connectivity index is 2.82. The Morgan fingerprint density at radius 2 is 1.95 bits per heavy atom. The summed E-state index contributed by atoms with van der Waals surface area (Å²) in [6, 6.07) is 0.157. The van der Waals surface area contributed by atoms with Crippen LogP contribution in [0.15, 0.2) is 10.7 Å². The molecule has 0 N–H and O–H groups in total. The van der Waals surface area contributed by atoms with Crippen LogP contribution >= 0.6 is 0 Å². The normalized spacial score (nSPS) is 10.4. The van der Waals surface area contributed by atoms with E-state index >= 15 is 0 Å². The summed E-state index contributed by atoms with van der Waals surface area (Å²) in [5.41, 5.74) is 0.0800. The molecule has 0 saturated carbocycles. The number of anilines is 1. The molecule has 7 heteroatoms. The summed E-state index contributed by atoms with van der Waals surface area (Å²) in [6.07, 6.45) is 1.22. The van der Waals surface area contributed by atoms with Gasteiger partial charge in [-0.05, 0) is 27.7 Å². The molecular formula is C13H20N2O5. The first-order valence-corrected chi connectivity index (χ1v) is 6.54. The highest BCUT2D eigenvalue weighted by atomic mass is 16.5. The Morgan fingerprint density at radius 3 is 2.50 bits per heavy atom. The highest BCUT2D eigenvalue weighted by molar-refractivity contribution is 5.87. The van der Waals surface area contributed by atoms with Gasteiger partial charge in [-0.2, -0.15) is 4.98 Å². The summed E-state index contributed by atoms with van der Waals surface area (Å²) < 4.78 is 15.0. The molecule has 0 spiro atoms. The lowest BCUT2D eigenvalue weighted by Crippen LogP contribution is -2.36. The van der Waals surface area contributed by atoms with Crippen molar-refractivity contribution >= 4 is 18.0 Å². The van der Waals surface area contributed by atoms with E-state index in [2.05, 4.69) is 4.98 Å². The van der Waals surface area contributed by atoms with Crippen LogP contribution in [0, 0.1) is 0 Å². The summed E-state index contributed by atoms with van der Waals surface area (Å²) in [6.45, 7) is 7.79. The summed E-state index contributed by atoms with van der Waals surface area (Å²) in [7, 11) is 0. The summed E-state index contributed by atoms with van der Waals surface area (Å²) in [4.78, 5) is 28.7. The Bertz CT molecular complexity index is 455. The number of nitrogens with zero attached hydrogens (tertiary/aromatic N) is 2. The fourth-order valence-electron chi connectivity index (χ4n) is 1.51. The second-order valence-corrected chi connectivity index (χ2v) is 4.26. The maximum atomic E-state index is 11.5. The molecule has 0 aliphatic carbocycles. The topological polar surface area (TPSA) is 81.9 Å². The van der Waals surface area contributed by atoms with E-state index in [0.717, 1.165) is 0 Å². The van der Waals surface area contributed by atoms with Crippen molar-refractivity contribution in [1.82, 2.24) is 4.98 Å². The second-order valence-electron chi connectivity index (χ2n) is 4.26. The molecule has 0 atom stereocenters. The highest BCUT2D eigenvalue weighted by Gasteiger charge is 2.22. The fourth-order valence-corrected chi connectivity index (χ4v) is 1.51. The number of carbonyl (C=O) groups is 2. The van der Waals surface area contributed by atoms with Crippen molar-refractivity contribution in [3.05, 3.63) is 12.0 Å². The molecule has 0 radical (unpaired) electrons. The molecule has 1 heterocycles. The van der Waals surface area contributed by atoms with Gasteiger partial charge in [0.1, 0.15) is 12.8 Å². The second kappa shape index (κ2) is 7.52. The van der Waals surface area contributed by atoms with Gasteiger partial charge in [0.05, 0.1) is 13.2 Å². The lowest BCUT2D eigenvalue weighted by atomic mass is 10.3.